The molecule has 0 bridgehead atoms. The van der Waals surface area contributed by atoms with Gasteiger partial charge in [0.1, 0.15) is 18.0 Å². The molecule has 0 atom stereocenters. The van der Waals surface area contributed by atoms with Gasteiger partial charge in [-0.05, 0) is 25.8 Å². The average molecular weight is 335 g/mol. The first-order chi connectivity index (χ1) is 11.4. The van der Waals surface area contributed by atoms with Crippen molar-refractivity contribution in [1.29, 1.82) is 0 Å². The first-order valence-corrected chi connectivity index (χ1v) is 7.30. The van der Waals surface area contributed by atoms with Crippen LogP contribution in [-0.2, 0) is 6.18 Å². The predicted molar refractivity (Wildman–Crippen MR) is 78.6 cm³/mol. The third-order valence-electron chi connectivity index (χ3n) is 3.58. The summed E-state index contributed by atoms with van der Waals surface area (Å²) in [5, 5.41) is 2.99. The molecule has 1 aliphatic carbocycles. The Morgan fingerprint density at radius 1 is 1.17 bits per heavy atom. The zero-order valence-electron chi connectivity index (χ0n) is 12.5. The van der Waals surface area contributed by atoms with Gasteiger partial charge < -0.3 is 5.32 Å². The normalized spacial score (nSPS) is 15.0. The lowest BCUT2D eigenvalue weighted by Gasteiger charge is -2.10. The van der Waals surface area contributed by atoms with Crippen LogP contribution in [0.2, 0.25) is 0 Å². The summed E-state index contributed by atoms with van der Waals surface area (Å²) >= 11 is 0. The van der Waals surface area contributed by atoms with E-state index in [0.29, 0.717) is 11.6 Å². The van der Waals surface area contributed by atoms with Crippen LogP contribution < -0.4 is 5.32 Å². The second-order valence-corrected chi connectivity index (χ2v) is 5.56. The summed E-state index contributed by atoms with van der Waals surface area (Å²) in [6, 6.07) is 1.72. The van der Waals surface area contributed by atoms with Crippen molar-refractivity contribution in [3.05, 3.63) is 30.2 Å². The molecule has 0 spiro atoms. The number of fused-ring (bicyclic) bond motifs is 1. The van der Waals surface area contributed by atoms with E-state index in [1.165, 1.54) is 17.1 Å². The lowest BCUT2D eigenvalue weighted by molar-refractivity contribution is -0.144. The molecule has 1 fully saturated rings. The maximum Gasteiger partial charge on any atom is 0.451 e. The first kappa shape index (κ1) is 14.8. The summed E-state index contributed by atoms with van der Waals surface area (Å²) in [6.45, 7) is 1.69. The summed E-state index contributed by atoms with van der Waals surface area (Å²) in [5.74, 6) is -0.213. The number of hydrogen-bond acceptors (Lipinski definition) is 6. The predicted octanol–water partition coefficient (Wildman–Crippen LogP) is 2.51. The van der Waals surface area contributed by atoms with Crippen LogP contribution in [0.5, 0.6) is 0 Å². The molecular formula is C14H12F3N7. The van der Waals surface area contributed by atoms with Crippen molar-refractivity contribution < 1.29 is 13.2 Å². The maximum atomic E-state index is 13.1. The van der Waals surface area contributed by atoms with E-state index in [1.807, 2.05) is 0 Å². The number of aromatic nitrogens is 6. The molecule has 0 saturated heterocycles. The third kappa shape index (κ3) is 2.63. The van der Waals surface area contributed by atoms with Crippen LogP contribution in [0.15, 0.2) is 18.6 Å². The van der Waals surface area contributed by atoms with E-state index >= 15 is 0 Å². The number of nitrogens with one attached hydrogen (secondary N) is 1. The van der Waals surface area contributed by atoms with E-state index in [0.717, 1.165) is 12.8 Å². The van der Waals surface area contributed by atoms with Gasteiger partial charge in [0.2, 0.25) is 5.82 Å². The number of hydrogen-bond donors (Lipinski definition) is 1. The molecule has 1 aliphatic rings. The summed E-state index contributed by atoms with van der Waals surface area (Å²) in [7, 11) is 0. The number of anilines is 1. The summed E-state index contributed by atoms with van der Waals surface area (Å²) in [5.41, 5.74) is 0.338. The number of rotatable bonds is 3. The van der Waals surface area contributed by atoms with Crippen LogP contribution in [0, 0.1) is 6.92 Å². The van der Waals surface area contributed by atoms with Crippen molar-refractivity contribution in [2.24, 2.45) is 0 Å². The fraction of sp³-hybridized carbons (Fsp3) is 0.357. The van der Waals surface area contributed by atoms with Gasteiger partial charge in [-0.2, -0.15) is 13.2 Å². The molecule has 1 saturated carbocycles. The Morgan fingerprint density at radius 3 is 2.62 bits per heavy atom. The summed E-state index contributed by atoms with van der Waals surface area (Å²) < 4.78 is 40.8. The maximum absolute atomic E-state index is 13.1. The molecule has 1 N–H and O–H groups in total. The van der Waals surface area contributed by atoms with Crippen molar-refractivity contribution in [2.45, 2.75) is 32.0 Å². The van der Waals surface area contributed by atoms with Crippen molar-refractivity contribution in [1.82, 2.24) is 29.5 Å². The van der Waals surface area contributed by atoms with E-state index in [9.17, 15) is 13.2 Å². The molecule has 4 rings (SSSR count). The monoisotopic (exact) mass is 335 g/mol. The van der Waals surface area contributed by atoms with E-state index in [-0.39, 0.29) is 23.0 Å². The molecule has 0 aliphatic heterocycles. The molecule has 3 aromatic heterocycles. The molecular weight excluding hydrogens is 323 g/mol. The number of halogens is 3. The molecule has 0 unspecified atom stereocenters. The summed E-state index contributed by atoms with van der Waals surface area (Å²) in [6.07, 6.45) is 0.0697. The van der Waals surface area contributed by atoms with Gasteiger partial charge in [0.05, 0.1) is 0 Å². The van der Waals surface area contributed by atoms with Gasteiger partial charge in [-0.3, -0.25) is 4.57 Å². The Labute approximate surface area is 134 Å². The van der Waals surface area contributed by atoms with Crippen LogP contribution in [-0.4, -0.2) is 35.5 Å². The molecule has 10 heteroatoms. The number of aryl methyl sites for hydroxylation is 1. The van der Waals surface area contributed by atoms with Crippen molar-refractivity contribution in [3.8, 4) is 5.82 Å². The number of nitrogens with zero attached hydrogens (tertiary/aromatic N) is 6. The Kier molecular flexibility index (Phi) is 3.15. The highest BCUT2D eigenvalue weighted by molar-refractivity contribution is 5.84. The molecule has 3 heterocycles. The number of alkyl halides is 3. The fourth-order valence-electron chi connectivity index (χ4n) is 2.29. The molecule has 124 valence electrons. The molecule has 7 nitrogen and oxygen atoms in total. The van der Waals surface area contributed by atoms with E-state index < -0.39 is 12.0 Å². The Bertz CT molecular complexity index is 914. The highest BCUT2D eigenvalue weighted by Gasteiger charge is 2.37. The quantitative estimate of drug-likeness (QED) is 0.792. The second kappa shape index (κ2) is 5.11. The highest BCUT2D eigenvalue weighted by Crippen LogP contribution is 2.32. The minimum Gasteiger partial charge on any atom is -0.365 e. The van der Waals surface area contributed by atoms with Gasteiger partial charge in [0.15, 0.2) is 17.0 Å². The van der Waals surface area contributed by atoms with Crippen molar-refractivity contribution in [2.75, 3.05) is 5.32 Å². The van der Waals surface area contributed by atoms with Crippen LogP contribution in [0.25, 0.3) is 17.0 Å². The van der Waals surface area contributed by atoms with Gasteiger partial charge in [-0.15, -0.1) is 0 Å². The van der Waals surface area contributed by atoms with Crippen LogP contribution >= 0.6 is 0 Å². The van der Waals surface area contributed by atoms with Gasteiger partial charge in [0, 0.05) is 12.2 Å². The Morgan fingerprint density at radius 2 is 1.96 bits per heavy atom. The lowest BCUT2D eigenvalue weighted by atomic mass is 10.4. The molecule has 0 radical (unpaired) electrons. The Balaban J connectivity index is 1.93. The summed E-state index contributed by atoms with van der Waals surface area (Å²) in [4.78, 5) is 19.7. The lowest BCUT2D eigenvalue weighted by Crippen LogP contribution is -2.15. The molecule has 0 aromatic carbocycles. The van der Waals surface area contributed by atoms with E-state index in [4.69, 9.17) is 0 Å². The largest absolute Gasteiger partial charge is 0.451 e. The fourth-order valence-corrected chi connectivity index (χ4v) is 2.29. The van der Waals surface area contributed by atoms with Crippen molar-refractivity contribution >= 4 is 17.0 Å². The van der Waals surface area contributed by atoms with Gasteiger partial charge in [-0.25, -0.2) is 24.9 Å². The van der Waals surface area contributed by atoms with Gasteiger partial charge in [0.25, 0.3) is 0 Å². The highest BCUT2D eigenvalue weighted by atomic mass is 19.4. The molecule has 24 heavy (non-hydrogen) atoms. The van der Waals surface area contributed by atoms with Crippen molar-refractivity contribution in [3.63, 3.8) is 0 Å². The minimum atomic E-state index is -4.65. The van der Waals surface area contributed by atoms with Crippen LogP contribution in [0.1, 0.15) is 24.5 Å². The molecule has 0 amide bonds. The Hall–Kier alpha value is -2.78. The van der Waals surface area contributed by atoms with Gasteiger partial charge in [-0.1, -0.05) is 0 Å². The second-order valence-electron chi connectivity index (χ2n) is 5.56. The first-order valence-electron chi connectivity index (χ1n) is 7.30. The van der Waals surface area contributed by atoms with Crippen LogP contribution in [0.4, 0.5) is 19.0 Å². The minimum absolute atomic E-state index is 0.0542. The molecule has 3 aromatic rings. The standard InChI is InChI=1S/C14H12F3N7/c1-7-18-5-4-9(20-7)24-6-19-10-11(21-8-2-3-8)22-13(14(15,16)17)23-12(10)24/h4-6,8H,2-3H2,1H3,(H,21,22,23). The number of imidazole rings is 1. The van der Waals surface area contributed by atoms with E-state index in [1.54, 1.807) is 13.0 Å². The smallest absolute Gasteiger partial charge is 0.365 e. The average Bonchev–Trinajstić information content (AvgIpc) is 3.22. The SMILES string of the molecule is Cc1nccc(-n2cnc3c(NC4CC4)nc(C(F)(F)F)nc32)n1. The zero-order valence-corrected chi connectivity index (χ0v) is 12.5. The topological polar surface area (TPSA) is 81.4 Å². The van der Waals surface area contributed by atoms with E-state index in [2.05, 4.69) is 30.2 Å². The van der Waals surface area contributed by atoms with Crippen LogP contribution in [0.3, 0.4) is 0 Å². The third-order valence-corrected chi connectivity index (χ3v) is 3.58. The zero-order chi connectivity index (χ0) is 16.9. The van der Waals surface area contributed by atoms with Gasteiger partial charge >= 0.3 is 6.18 Å².